The van der Waals surface area contributed by atoms with Crippen molar-refractivity contribution in [2.45, 2.75) is 39.8 Å². The van der Waals surface area contributed by atoms with E-state index in [0.717, 1.165) is 40.9 Å². The molecular weight excluding hydrogens is 364 g/mol. The zero-order valence-electron chi connectivity index (χ0n) is 17.2. The van der Waals surface area contributed by atoms with Crippen molar-refractivity contribution in [2.24, 2.45) is 0 Å². The number of hydrogen-bond acceptors (Lipinski definition) is 3. The Balaban J connectivity index is 2.05. The average molecular weight is 390 g/mol. The van der Waals surface area contributed by atoms with Crippen LogP contribution in [0.4, 0.5) is 10.5 Å². The number of urea groups is 1. The summed E-state index contributed by atoms with van der Waals surface area (Å²) in [6.07, 6.45) is 0.947. The first-order valence-electron chi connectivity index (χ1n) is 9.76. The van der Waals surface area contributed by atoms with E-state index in [-0.39, 0.29) is 12.1 Å². The molecule has 0 aliphatic rings. The first-order valence-corrected chi connectivity index (χ1v) is 9.76. The van der Waals surface area contributed by atoms with Gasteiger partial charge in [-0.3, -0.25) is 0 Å². The molecule has 0 aliphatic heterocycles. The number of anilines is 1. The molecule has 1 aromatic heterocycles. The van der Waals surface area contributed by atoms with Gasteiger partial charge in [0.15, 0.2) is 0 Å². The Morgan fingerprint density at radius 1 is 1.21 bits per heavy atom. The van der Waals surface area contributed by atoms with E-state index in [2.05, 4.69) is 28.2 Å². The van der Waals surface area contributed by atoms with E-state index in [1.165, 1.54) is 0 Å². The van der Waals surface area contributed by atoms with Gasteiger partial charge in [0.05, 0.1) is 23.9 Å². The van der Waals surface area contributed by atoms with Gasteiger partial charge >= 0.3 is 6.03 Å². The summed E-state index contributed by atoms with van der Waals surface area (Å²) in [4.78, 5) is 11.9. The number of fused-ring (bicyclic) bond motifs is 1. The van der Waals surface area contributed by atoms with Crippen LogP contribution in [0.5, 0.6) is 5.75 Å². The van der Waals surface area contributed by atoms with Gasteiger partial charge in [0, 0.05) is 23.7 Å². The second-order valence-electron chi connectivity index (χ2n) is 7.20. The minimum atomic E-state index is -0.238. The van der Waals surface area contributed by atoms with Gasteiger partial charge in [-0.2, -0.15) is 5.26 Å². The Morgan fingerprint density at radius 3 is 2.52 bits per heavy atom. The van der Waals surface area contributed by atoms with Gasteiger partial charge < -0.3 is 19.9 Å². The maximum absolute atomic E-state index is 11.9. The SMILES string of the molecule is CCCn1c(-c2ccc(NC(=O)NC(C)C)cc2)c(C#N)c2cc(OC)ccc21. The molecule has 1 heterocycles. The predicted octanol–water partition coefficient (Wildman–Crippen LogP) is 5.13. The lowest BCUT2D eigenvalue weighted by Crippen LogP contribution is -2.34. The fraction of sp³-hybridized carbons (Fsp3) is 0.304. The minimum Gasteiger partial charge on any atom is -0.497 e. The van der Waals surface area contributed by atoms with Crippen LogP contribution >= 0.6 is 0 Å². The molecule has 0 bridgehead atoms. The molecule has 2 amide bonds. The van der Waals surface area contributed by atoms with Crippen LogP contribution in [0.15, 0.2) is 42.5 Å². The smallest absolute Gasteiger partial charge is 0.319 e. The third-order valence-corrected chi connectivity index (χ3v) is 4.67. The number of methoxy groups -OCH3 is 1. The molecule has 6 nitrogen and oxygen atoms in total. The van der Waals surface area contributed by atoms with Crippen molar-refractivity contribution in [2.75, 3.05) is 12.4 Å². The van der Waals surface area contributed by atoms with E-state index in [4.69, 9.17) is 4.74 Å². The monoisotopic (exact) mass is 390 g/mol. The van der Waals surface area contributed by atoms with Gasteiger partial charge in [-0.25, -0.2) is 4.79 Å². The third-order valence-electron chi connectivity index (χ3n) is 4.67. The fourth-order valence-electron chi connectivity index (χ4n) is 3.47. The van der Waals surface area contributed by atoms with Crippen molar-refractivity contribution in [1.29, 1.82) is 5.26 Å². The Bertz CT molecular complexity index is 1060. The zero-order chi connectivity index (χ0) is 21.0. The van der Waals surface area contributed by atoms with Crippen LogP contribution in [-0.2, 0) is 6.54 Å². The molecule has 0 atom stereocenters. The molecule has 2 aromatic carbocycles. The highest BCUT2D eigenvalue weighted by molar-refractivity contribution is 5.96. The van der Waals surface area contributed by atoms with Crippen LogP contribution in [0.25, 0.3) is 22.2 Å². The number of aryl methyl sites for hydroxylation is 1. The Hall–Kier alpha value is -3.46. The maximum Gasteiger partial charge on any atom is 0.319 e. The van der Waals surface area contributed by atoms with Gasteiger partial charge in [-0.05, 0) is 56.2 Å². The molecule has 6 heteroatoms. The highest BCUT2D eigenvalue weighted by Crippen LogP contribution is 2.36. The van der Waals surface area contributed by atoms with E-state index < -0.39 is 0 Å². The van der Waals surface area contributed by atoms with Crippen molar-refractivity contribution in [3.05, 3.63) is 48.0 Å². The number of carbonyl (C=O) groups is 1. The Labute approximate surface area is 171 Å². The second kappa shape index (κ2) is 8.70. The van der Waals surface area contributed by atoms with Crippen molar-refractivity contribution < 1.29 is 9.53 Å². The van der Waals surface area contributed by atoms with E-state index >= 15 is 0 Å². The predicted molar refractivity (Wildman–Crippen MR) is 116 cm³/mol. The second-order valence-corrected chi connectivity index (χ2v) is 7.20. The van der Waals surface area contributed by atoms with Crippen LogP contribution in [0, 0.1) is 11.3 Å². The summed E-state index contributed by atoms with van der Waals surface area (Å²) in [5.41, 5.74) is 4.16. The highest BCUT2D eigenvalue weighted by Gasteiger charge is 2.19. The molecule has 150 valence electrons. The standard InChI is InChI=1S/C23H26N4O2/c1-5-12-27-21-11-10-18(29-4)13-19(21)20(14-24)22(27)16-6-8-17(9-7-16)26-23(28)25-15(2)3/h6-11,13,15H,5,12H2,1-4H3,(H2,25,26,28). The van der Waals surface area contributed by atoms with E-state index in [1.54, 1.807) is 7.11 Å². The van der Waals surface area contributed by atoms with E-state index in [0.29, 0.717) is 11.3 Å². The molecule has 3 rings (SSSR count). The number of aromatic nitrogens is 1. The molecule has 0 spiro atoms. The number of carbonyl (C=O) groups excluding carboxylic acids is 1. The molecule has 3 aromatic rings. The van der Waals surface area contributed by atoms with Crippen LogP contribution in [-0.4, -0.2) is 23.7 Å². The summed E-state index contributed by atoms with van der Waals surface area (Å²) >= 11 is 0. The molecule has 0 fully saturated rings. The van der Waals surface area contributed by atoms with Crippen LogP contribution in [0.2, 0.25) is 0 Å². The summed E-state index contributed by atoms with van der Waals surface area (Å²) in [5.74, 6) is 0.727. The number of benzene rings is 2. The quantitative estimate of drug-likeness (QED) is 0.612. The van der Waals surface area contributed by atoms with Crippen molar-refractivity contribution in [1.82, 2.24) is 9.88 Å². The third kappa shape index (κ3) is 4.19. The number of amides is 2. The summed E-state index contributed by atoms with van der Waals surface area (Å²) in [5, 5.41) is 16.4. The molecule has 2 N–H and O–H groups in total. The lowest BCUT2D eigenvalue weighted by Gasteiger charge is -2.12. The highest BCUT2D eigenvalue weighted by atomic mass is 16.5. The molecule has 29 heavy (non-hydrogen) atoms. The normalized spacial score (nSPS) is 10.8. The molecule has 0 saturated heterocycles. The molecule has 0 aliphatic carbocycles. The van der Waals surface area contributed by atoms with E-state index in [9.17, 15) is 10.1 Å². The number of ether oxygens (including phenoxy) is 1. The van der Waals surface area contributed by atoms with Crippen molar-refractivity contribution >= 4 is 22.6 Å². The van der Waals surface area contributed by atoms with Gasteiger partial charge in [0.2, 0.25) is 0 Å². The van der Waals surface area contributed by atoms with Gasteiger partial charge in [0.25, 0.3) is 0 Å². The van der Waals surface area contributed by atoms with Crippen molar-refractivity contribution in [3.8, 4) is 23.1 Å². The summed E-state index contributed by atoms with van der Waals surface area (Å²) < 4.78 is 7.53. The van der Waals surface area contributed by atoms with Crippen LogP contribution in [0.3, 0.4) is 0 Å². The van der Waals surface area contributed by atoms with Gasteiger partial charge in [-0.15, -0.1) is 0 Å². The number of nitriles is 1. The lowest BCUT2D eigenvalue weighted by atomic mass is 10.1. The van der Waals surface area contributed by atoms with Crippen LogP contribution in [0.1, 0.15) is 32.8 Å². The number of hydrogen-bond donors (Lipinski definition) is 2. The minimum absolute atomic E-state index is 0.0641. The molecule has 0 unspecified atom stereocenters. The number of nitrogens with one attached hydrogen (secondary N) is 2. The van der Waals surface area contributed by atoms with Gasteiger partial charge in [-0.1, -0.05) is 19.1 Å². The first kappa shape index (κ1) is 20.3. The largest absolute Gasteiger partial charge is 0.497 e. The maximum atomic E-state index is 11.9. The summed E-state index contributed by atoms with van der Waals surface area (Å²) in [7, 11) is 1.62. The van der Waals surface area contributed by atoms with Crippen LogP contribution < -0.4 is 15.4 Å². The lowest BCUT2D eigenvalue weighted by molar-refractivity contribution is 0.250. The molecule has 0 radical (unpaired) electrons. The summed E-state index contributed by atoms with van der Waals surface area (Å²) in [6, 6.07) is 15.6. The van der Waals surface area contributed by atoms with Crippen molar-refractivity contribution in [3.63, 3.8) is 0 Å². The zero-order valence-corrected chi connectivity index (χ0v) is 17.2. The summed E-state index contributed by atoms with van der Waals surface area (Å²) in [6.45, 7) is 6.74. The Kier molecular flexibility index (Phi) is 6.08. The topological polar surface area (TPSA) is 79.1 Å². The number of nitrogens with zero attached hydrogens (tertiary/aromatic N) is 2. The molecule has 0 saturated carbocycles. The fourth-order valence-corrected chi connectivity index (χ4v) is 3.47. The molecular formula is C23H26N4O2. The first-order chi connectivity index (χ1) is 14.0. The number of rotatable bonds is 6. The Morgan fingerprint density at radius 2 is 1.93 bits per heavy atom. The van der Waals surface area contributed by atoms with E-state index in [1.807, 2.05) is 56.3 Å². The van der Waals surface area contributed by atoms with Gasteiger partial charge in [0.1, 0.15) is 11.8 Å². The average Bonchev–Trinajstić information content (AvgIpc) is 3.00.